The van der Waals surface area contributed by atoms with Gasteiger partial charge in [0.05, 0.1) is 39.6 Å². The molecule has 0 aliphatic carbocycles. The number of hydrogen-bond acceptors (Lipinski definition) is 6. The van der Waals surface area contributed by atoms with Crippen LogP contribution >= 0.6 is 0 Å². The number of ether oxygens (including phenoxy) is 4. The van der Waals surface area contributed by atoms with Crippen LogP contribution in [0.2, 0.25) is 0 Å². The van der Waals surface area contributed by atoms with Crippen LogP contribution in [0, 0.1) is 22.7 Å². The molecule has 0 aliphatic heterocycles. The van der Waals surface area contributed by atoms with Gasteiger partial charge in [-0.2, -0.15) is 10.5 Å². The summed E-state index contributed by atoms with van der Waals surface area (Å²) in [5.41, 5.74) is 1.87. The van der Waals surface area contributed by atoms with Gasteiger partial charge in [-0.05, 0) is 47.5 Å². The van der Waals surface area contributed by atoms with Gasteiger partial charge in [-0.1, -0.05) is 12.1 Å². The van der Waals surface area contributed by atoms with Crippen molar-refractivity contribution >= 4 is 12.2 Å². The third kappa shape index (κ3) is 4.63. The van der Waals surface area contributed by atoms with Gasteiger partial charge in [-0.15, -0.1) is 0 Å². The molecule has 2 aromatic carbocycles. The van der Waals surface area contributed by atoms with Crippen molar-refractivity contribution in [2.75, 3.05) is 28.4 Å². The Morgan fingerprint density at radius 2 is 1.00 bits per heavy atom. The Kier molecular flexibility index (Phi) is 7.07. The Morgan fingerprint density at radius 3 is 1.29 bits per heavy atom. The summed E-state index contributed by atoms with van der Waals surface area (Å²) in [6.07, 6.45) is 3.25. The second-order valence-electron chi connectivity index (χ2n) is 5.57. The molecule has 0 bridgehead atoms. The molecular formula is C22H20N2O4. The molecule has 0 unspecified atom stereocenters. The van der Waals surface area contributed by atoms with E-state index in [-0.39, 0.29) is 11.1 Å². The lowest BCUT2D eigenvalue weighted by Crippen LogP contribution is -1.92. The Balaban J connectivity index is 2.46. The van der Waals surface area contributed by atoms with Crippen LogP contribution in [0.1, 0.15) is 11.1 Å². The van der Waals surface area contributed by atoms with Gasteiger partial charge in [0.2, 0.25) is 0 Å². The summed E-state index contributed by atoms with van der Waals surface area (Å²) in [4.78, 5) is 0. The van der Waals surface area contributed by atoms with Gasteiger partial charge >= 0.3 is 0 Å². The molecule has 6 heteroatoms. The lowest BCUT2D eigenvalue weighted by atomic mass is 10.0. The minimum Gasteiger partial charge on any atom is -0.493 e. The smallest absolute Gasteiger partial charge is 0.161 e. The van der Waals surface area contributed by atoms with E-state index in [2.05, 4.69) is 12.1 Å². The summed E-state index contributed by atoms with van der Waals surface area (Å²) in [5, 5.41) is 19.1. The highest BCUT2D eigenvalue weighted by atomic mass is 16.5. The largest absolute Gasteiger partial charge is 0.493 e. The molecule has 142 valence electrons. The zero-order valence-electron chi connectivity index (χ0n) is 16.1. The molecule has 0 spiro atoms. The van der Waals surface area contributed by atoms with Crippen molar-refractivity contribution in [1.29, 1.82) is 10.5 Å². The quantitative estimate of drug-likeness (QED) is 0.531. The van der Waals surface area contributed by atoms with E-state index >= 15 is 0 Å². The third-order valence-electron chi connectivity index (χ3n) is 3.97. The fraction of sp³-hybridized carbons (Fsp3) is 0.182. The van der Waals surface area contributed by atoms with Gasteiger partial charge in [0.1, 0.15) is 12.1 Å². The van der Waals surface area contributed by atoms with Crippen LogP contribution in [0.25, 0.3) is 12.2 Å². The Labute approximate surface area is 164 Å². The van der Waals surface area contributed by atoms with Gasteiger partial charge < -0.3 is 18.9 Å². The van der Waals surface area contributed by atoms with Gasteiger partial charge in [-0.25, -0.2) is 0 Å². The van der Waals surface area contributed by atoms with Crippen LogP contribution in [0.3, 0.4) is 0 Å². The zero-order chi connectivity index (χ0) is 20.5. The van der Waals surface area contributed by atoms with E-state index in [1.807, 2.05) is 0 Å². The molecule has 0 saturated carbocycles. The van der Waals surface area contributed by atoms with E-state index < -0.39 is 0 Å². The number of nitrogens with zero attached hydrogens (tertiary/aromatic N) is 2. The first-order valence-corrected chi connectivity index (χ1v) is 8.28. The molecule has 2 aromatic rings. The molecule has 0 N–H and O–H groups in total. The highest BCUT2D eigenvalue weighted by Crippen LogP contribution is 2.30. The molecule has 0 heterocycles. The first kappa shape index (κ1) is 20.4. The molecule has 0 fully saturated rings. The number of methoxy groups -OCH3 is 4. The number of nitriles is 2. The molecule has 0 amide bonds. The summed E-state index contributed by atoms with van der Waals surface area (Å²) in [5.74, 6) is 2.24. The first-order valence-electron chi connectivity index (χ1n) is 8.28. The van der Waals surface area contributed by atoms with Crippen molar-refractivity contribution in [3.05, 3.63) is 58.7 Å². The van der Waals surface area contributed by atoms with Gasteiger partial charge in [-0.3, -0.25) is 0 Å². The van der Waals surface area contributed by atoms with Crippen LogP contribution in [-0.2, 0) is 0 Å². The topological polar surface area (TPSA) is 84.5 Å². The van der Waals surface area contributed by atoms with E-state index in [4.69, 9.17) is 18.9 Å². The number of benzene rings is 2. The molecule has 28 heavy (non-hydrogen) atoms. The molecule has 0 aliphatic rings. The van der Waals surface area contributed by atoms with E-state index in [1.54, 1.807) is 62.8 Å². The highest BCUT2D eigenvalue weighted by Gasteiger charge is 2.09. The van der Waals surface area contributed by atoms with Crippen molar-refractivity contribution in [3.63, 3.8) is 0 Å². The van der Waals surface area contributed by atoms with Crippen molar-refractivity contribution in [2.45, 2.75) is 0 Å². The minimum absolute atomic E-state index is 0.226. The number of rotatable bonds is 7. The highest BCUT2D eigenvalue weighted by molar-refractivity contribution is 5.75. The van der Waals surface area contributed by atoms with Gasteiger partial charge in [0, 0.05) is 0 Å². The van der Waals surface area contributed by atoms with Gasteiger partial charge in [0.25, 0.3) is 0 Å². The predicted octanol–water partition coefficient (Wildman–Crippen LogP) is 4.24. The predicted molar refractivity (Wildman–Crippen MR) is 106 cm³/mol. The summed E-state index contributed by atoms with van der Waals surface area (Å²) >= 11 is 0. The molecular weight excluding hydrogens is 356 g/mol. The number of allylic oxidation sites excluding steroid dienone is 2. The Morgan fingerprint density at radius 1 is 0.643 bits per heavy atom. The standard InChI is InChI=1S/C22H20N2O4/c1-25-19-7-5-15(11-21(19)27-3)9-17(13-23)18(14-24)10-16-6-8-20(26-2)22(12-16)28-4/h5-12H,1-4H3/b17-9+,18-10+. The first-order chi connectivity index (χ1) is 13.6. The average molecular weight is 376 g/mol. The lowest BCUT2D eigenvalue weighted by Gasteiger charge is -2.08. The second-order valence-corrected chi connectivity index (χ2v) is 5.57. The zero-order valence-corrected chi connectivity index (χ0v) is 16.1. The molecule has 0 saturated heterocycles. The maximum Gasteiger partial charge on any atom is 0.161 e. The fourth-order valence-corrected chi connectivity index (χ4v) is 2.56. The van der Waals surface area contributed by atoms with Crippen molar-refractivity contribution in [2.24, 2.45) is 0 Å². The summed E-state index contributed by atoms with van der Waals surface area (Å²) in [6.45, 7) is 0. The monoisotopic (exact) mass is 376 g/mol. The van der Waals surface area contributed by atoms with Crippen molar-refractivity contribution < 1.29 is 18.9 Å². The average Bonchev–Trinajstić information content (AvgIpc) is 2.75. The SMILES string of the molecule is COc1ccc(/C=C(C#N)/C(C#N)=C/c2ccc(OC)c(OC)c2)cc1OC. The summed E-state index contributed by atoms with van der Waals surface area (Å²) in [6, 6.07) is 14.7. The Hall–Kier alpha value is -3.90. The normalized spacial score (nSPS) is 11.2. The maximum absolute atomic E-state index is 9.57. The van der Waals surface area contributed by atoms with Crippen LogP contribution in [0.15, 0.2) is 47.5 Å². The maximum atomic E-state index is 9.57. The van der Waals surface area contributed by atoms with Crippen LogP contribution in [-0.4, -0.2) is 28.4 Å². The van der Waals surface area contributed by atoms with E-state index in [9.17, 15) is 10.5 Å². The van der Waals surface area contributed by atoms with E-state index in [0.717, 1.165) is 0 Å². The third-order valence-corrected chi connectivity index (χ3v) is 3.97. The van der Waals surface area contributed by atoms with Crippen molar-refractivity contribution in [1.82, 2.24) is 0 Å². The van der Waals surface area contributed by atoms with E-state index in [0.29, 0.717) is 34.1 Å². The fourth-order valence-electron chi connectivity index (χ4n) is 2.56. The van der Waals surface area contributed by atoms with Gasteiger partial charge in [0.15, 0.2) is 23.0 Å². The summed E-state index contributed by atoms with van der Waals surface area (Å²) < 4.78 is 21.0. The second kappa shape index (κ2) is 9.70. The number of hydrogen-bond donors (Lipinski definition) is 0. The van der Waals surface area contributed by atoms with Crippen LogP contribution in [0.5, 0.6) is 23.0 Å². The molecule has 0 radical (unpaired) electrons. The molecule has 0 atom stereocenters. The lowest BCUT2D eigenvalue weighted by molar-refractivity contribution is 0.355. The van der Waals surface area contributed by atoms with Crippen LogP contribution in [0.4, 0.5) is 0 Å². The molecule has 2 rings (SSSR count). The Bertz CT molecular complexity index is 913. The van der Waals surface area contributed by atoms with Crippen molar-refractivity contribution in [3.8, 4) is 35.1 Å². The minimum atomic E-state index is 0.226. The molecule has 6 nitrogen and oxygen atoms in total. The summed E-state index contributed by atoms with van der Waals surface area (Å²) in [7, 11) is 6.17. The molecule has 0 aromatic heterocycles. The van der Waals surface area contributed by atoms with Crippen LogP contribution < -0.4 is 18.9 Å². The van der Waals surface area contributed by atoms with E-state index in [1.165, 1.54) is 14.2 Å².